The topological polar surface area (TPSA) is 67.1 Å². The van der Waals surface area contributed by atoms with E-state index in [2.05, 4.69) is 60.7 Å². The maximum atomic E-state index is 4.41. The van der Waals surface area contributed by atoms with E-state index >= 15 is 0 Å². The third kappa shape index (κ3) is 4.15. The van der Waals surface area contributed by atoms with Crippen LogP contribution in [-0.4, -0.2) is 40.9 Å². The molecule has 1 aromatic carbocycles. The molecular weight excluding hydrogens is 336 g/mol. The Kier molecular flexibility index (Phi) is 5.41. The molecule has 0 atom stereocenters. The summed E-state index contributed by atoms with van der Waals surface area (Å²) in [6, 6.07) is 10.8. The average molecular weight is 367 g/mol. The van der Waals surface area contributed by atoms with Gasteiger partial charge in [0, 0.05) is 44.9 Å². The number of rotatable bonds is 6. The van der Waals surface area contributed by atoms with E-state index in [0.717, 1.165) is 50.1 Å². The van der Waals surface area contributed by atoms with Crippen LogP contribution in [0.5, 0.6) is 0 Å². The van der Waals surface area contributed by atoms with Gasteiger partial charge in [0.05, 0.1) is 0 Å². The Labute approximate surface area is 161 Å². The van der Waals surface area contributed by atoms with Gasteiger partial charge in [0.1, 0.15) is 11.6 Å². The Morgan fingerprint density at radius 3 is 2.74 bits per heavy atom. The molecule has 0 amide bonds. The fraction of sp³-hybridized carbons (Fsp3) is 0.571. The predicted octanol–water partition coefficient (Wildman–Crippen LogP) is 2.44. The second kappa shape index (κ2) is 8.11. The lowest BCUT2D eigenvalue weighted by molar-refractivity contribution is 0.598. The molecule has 2 aliphatic rings. The summed E-state index contributed by atoms with van der Waals surface area (Å²) in [6.07, 6.45) is 8.18. The molecule has 1 aromatic heterocycles. The first-order valence-corrected chi connectivity index (χ1v) is 10.2. The first-order valence-electron chi connectivity index (χ1n) is 10.2. The lowest BCUT2D eigenvalue weighted by atomic mass is 9.96. The maximum absolute atomic E-state index is 4.41. The second-order valence-corrected chi connectivity index (χ2v) is 7.74. The van der Waals surface area contributed by atoms with Crippen molar-refractivity contribution in [3.63, 3.8) is 0 Å². The Balaban J connectivity index is 1.27. The molecule has 0 spiro atoms. The minimum atomic E-state index is 0.281. The van der Waals surface area contributed by atoms with E-state index in [4.69, 9.17) is 0 Å². The van der Waals surface area contributed by atoms with Crippen LogP contribution in [0.2, 0.25) is 0 Å². The quantitative estimate of drug-likeness (QED) is 0.609. The monoisotopic (exact) mass is 366 g/mol. The number of aryl methyl sites for hydroxylation is 1. The molecule has 1 aliphatic heterocycles. The molecule has 144 valence electrons. The molecule has 2 N–H and O–H groups in total. The Morgan fingerprint density at radius 2 is 1.96 bits per heavy atom. The highest BCUT2D eigenvalue weighted by molar-refractivity contribution is 5.79. The van der Waals surface area contributed by atoms with E-state index < -0.39 is 0 Å². The smallest absolute Gasteiger partial charge is 0.191 e. The lowest BCUT2D eigenvalue weighted by Gasteiger charge is -2.19. The van der Waals surface area contributed by atoms with Crippen molar-refractivity contribution < 1.29 is 0 Å². The minimum Gasteiger partial charge on any atom is -0.356 e. The molecule has 0 radical (unpaired) electrons. The maximum Gasteiger partial charge on any atom is 0.191 e. The highest BCUT2D eigenvalue weighted by Crippen LogP contribution is 2.47. The highest BCUT2D eigenvalue weighted by atomic mass is 15.3. The molecular formula is C21H30N6. The zero-order valence-electron chi connectivity index (χ0n) is 16.2. The number of hydrogen-bond acceptors (Lipinski definition) is 3. The van der Waals surface area contributed by atoms with Gasteiger partial charge >= 0.3 is 0 Å². The van der Waals surface area contributed by atoms with Crippen molar-refractivity contribution in [1.82, 2.24) is 25.4 Å². The lowest BCUT2D eigenvalue weighted by Crippen LogP contribution is -2.42. The van der Waals surface area contributed by atoms with Crippen LogP contribution >= 0.6 is 0 Å². The average Bonchev–Trinajstić information content (AvgIpc) is 3.46. The van der Waals surface area contributed by atoms with E-state index in [1.54, 1.807) is 0 Å². The summed E-state index contributed by atoms with van der Waals surface area (Å²) in [6.45, 7) is 2.80. The summed E-state index contributed by atoms with van der Waals surface area (Å²) in [7, 11) is 1.83. The zero-order chi connectivity index (χ0) is 18.5. The number of aliphatic imine (C=N–C) groups is 1. The molecule has 6 heteroatoms. The largest absolute Gasteiger partial charge is 0.356 e. The van der Waals surface area contributed by atoms with Gasteiger partial charge in [-0.2, -0.15) is 0 Å². The number of fused-ring (bicyclic) bond motifs is 1. The van der Waals surface area contributed by atoms with Crippen molar-refractivity contribution in [3.05, 3.63) is 47.5 Å². The molecule has 2 aromatic rings. The first kappa shape index (κ1) is 18.0. The highest BCUT2D eigenvalue weighted by Gasteiger charge is 2.43. The number of nitrogens with one attached hydrogen (secondary N) is 2. The van der Waals surface area contributed by atoms with Gasteiger partial charge in [-0.1, -0.05) is 36.8 Å². The van der Waals surface area contributed by atoms with E-state index in [1.165, 1.54) is 37.7 Å². The molecule has 2 heterocycles. The Hall–Kier alpha value is -2.37. The van der Waals surface area contributed by atoms with Gasteiger partial charge in [0.15, 0.2) is 5.96 Å². The molecule has 0 bridgehead atoms. The third-order valence-electron chi connectivity index (χ3n) is 5.88. The van der Waals surface area contributed by atoms with E-state index in [9.17, 15) is 0 Å². The minimum absolute atomic E-state index is 0.281. The second-order valence-electron chi connectivity index (χ2n) is 7.74. The number of hydrogen-bond donors (Lipinski definition) is 2. The Morgan fingerprint density at radius 1 is 1.11 bits per heavy atom. The van der Waals surface area contributed by atoms with Gasteiger partial charge in [-0.05, 0) is 31.2 Å². The summed E-state index contributed by atoms with van der Waals surface area (Å²) in [5, 5.41) is 15.8. The molecule has 6 nitrogen and oxygen atoms in total. The molecule has 27 heavy (non-hydrogen) atoms. The fourth-order valence-electron chi connectivity index (χ4n) is 4.01. The summed E-state index contributed by atoms with van der Waals surface area (Å²) < 4.78 is 2.32. The van der Waals surface area contributed by atoms with Crippen molar-refractivity contribution in [1.29, 1.82) is 0 Å². The normalized spacial score (nSPS) is 18.5. The van der Waals surface area contributed by atoms with Gasteiger partial charge in [-0.3, -0.25) is 4.99 Å². The third-order valence-corrected chi connectivity index (χ3v) is 5.88. The van der Waals surface area contributed by atoms with Crippen LogP contribution < -0.4 is 10.6 Å². The molecule has 1 fully saturated rings. The van der Waals surface area contributed by atoms with Crippen LogP contribution in [0.25, 0.3) is 0 Å². The van der Waals surface area contributed by atoms with Crippen molar-refractivity contribution in [3.8, 4) is 0 Å². The molecule has 1 saturated carbocycles. The number of guanidine groups is 1. The van der Waals surface area contributed by atoms with Gasteiger partial charge in [-0.15, -0.1) is 10.2 Å². The van der Waals surface area contributed by atoms with Gasteiger partial charge in [-0.25, -0.2) is 0 Å². The standard InChI is InChI=1S/C21H30N6/c1-22-20(24-16-21(12-13-21)17-8-4-2-5-9-17)23-14-11-19-26-25-18-10-6-3-7-15-27(18)19/h2,4-5,8-9H,3,6-7,10-16H2,1H3,(H2,22,23,24). The van der Waals surface area contributed by atoms with Gasteiger partial charge < -0.3 is 15.2 Å². The molecule has 1 aliphatic carbocycles. The zero-order valence-corrected chi connectivity index (χ0v) is 16.2. The summed E-state index contributed by atoms with van der Waals surface area (Å²) in [5.74, 6) is 3.12. The van der Waals surface area contributed by atoms with Crippen LogP contribution in [0.4, 0.5) is 0 Å². The SMILES string of the molecule is CN=C(NCCc1nnc2n1CCCCC2)NCC1(c2ccccc2)CC1. The van der Waals surface area contributed by atoms with Crippen molar-refractivity contribution in [2.75, 3.05) is 20.1 Å². The molecule has 0 saturated heterocycles. The van der Waals surface area contributed by atoms with Gasteiger partial charge in [0.25, 0.3) is 0 Å². The number of nitrogens with zero attached hydrogens (tertiary/aromatic N) is 4. The molecule has 0 unspecified atom stereocenters. The molecule has 4 rings (SSSR count). The number of aromatic nitrogens is 3. The summed E-state index contributed by atoms with van der Waals surface area (Å²) in [4.78, 5) is 4.39. The van der Waals surface area contributed by atoms with Crippen LogP contribution in [0.15, 0.2) is 35.3 Å². The van der Waals surface area contributed by atoms with E-state index in [1.807, 2.05) is 7.05 Å². The summed E-state index contributed by atoms with van der Waals surface area (Å²) in [5.41, 5.74) is 1.71. The van der Waals surface area contributed by atoms with E-state index in [-0.39, 0.29) is 5.41 Å². The van der Waals surface area contributed by atoms with Crippen molar-refractivity contribution in [2.24, 2.45) is 4.99 Å². The van der Waals surface area contributed by atoms with Gasteiger partial charge in [0.2, 0.25) is 0 Å². The predicted molar refractivity (Wildman–Crippen MR) is 108 cm³/mol. The van der Waals surface area contributed by atoms with Crippen LogP contribution in [-0.2, 0) is 24.8 Å². The van der Waals surface area contributed by atoms with Crippen LogP contribution in [0.1, 0.15) is 49.3 Å². The van der Waals surface area contributed by atoms with Crippen LogP contribution in [0, 0.1) is 0 Å². The first-order chi connectivity index (χ1) is 13.3. The Bertz CT molecular complexity index is 775. The number of benzene rings is 1. The van der Waals surface area contributed by atoms with E-state index in [0.29, 0.717) is 0 Å². The van der Waals surface area contributed by atoms with Crippen molar-refractivity contribution >= 4 is 5.96 Å². The van der Waals surface area contributed by atoms with Crippen molar-refractivity contribution in [2.45, 2.75) is 56.9 Å². The van der Waals surface area contributed by atoms with Crippen LogP contribution in [0.3, 0.4) is 0 Å². The fourth-order valence-corrected chi connectivity index (χ4v) is 4.01. The summed E-state index contributed by atoms with van der Waals surface area (Å²) >= 11 is 0.